The number of aliphatic hydroxyl groups excluding tert-OH is 1. The average Bonchev–Trinajstić information content (AvgIpc) is 2.53. The predicted octanol–water partition coefficient (Wildman–Crippen LogP) is 3.53. The zero-order chi connectivity index (χ0) is 19.1. The number of carboxylic acids is 1. The minimum absolute atomic E-state index is 0.0285. The van der Waals surface area contributed by atoms with Crippen molar-refractivity contribution in [3.8, 4) is 0 Å². The van der Waals surface area contributed by atoms with Gasteiger partial charge in [-0.05, 0) is 6.42 Å². The number of rotatable bonds is 17. The molecule has 25 heavy (non-hydrogen) atoms. The van der Waals surface area contributed by atoms with Gasteiger partial charge in [0.2, 0.25) is 0 Å². The molecular weight excluding hydrogens is 345 g/mol. The summed E-state index contributed by atoms with van der Waals surface area (Å²) in [6.45, 7) is 1.36. The summed E-state index contributed by atoms with van der Waals surface area (Å²) in [5.74, 6) is -1.43. The molecule has 0 aliphatic carbocycles. The van der Waals surface area contributed by atoms with Gasteiger partial charge in [0.1, 0.15) is 6.04 Å². The highest BCUT2D eigenvalue weighted by molar-refractivity contribution is 7.49. The van der Waals surface area contributed by atoms with Crippen molar-refractivity contribution in [1.82, 2.24) is 4.67 Å². The molecule has 0 aromatic carbocycles. The highest BCUT2D eigenvalue weighted by atomic mass is 31.2. The number of unbranched alkanes of at least 4 members (excludes halogenated alkanes) is 11. The maximum Gasteiger partial charge on any atom is 0.403 e. The highest BCUT2D eigenvalue weighted by Gasteiger charge is 2.36. The number of aliphatic hydroxyl groups is 1. The van der Waals surface area contributed by atoms with Crippen LogP contribution in [0.3, 0.4) is 0 Å². The maximum absolute atomic E-state index is 11.4. The van der Waals surface area contributed by atoms with Crippen LogP contribution in [0.25, 0.3) is 0 Å². The molecule has 0 spiro atoms. The van der Waals surface area contributed by atoms with E-state index in [2.05, 4.69) is 6.92 Å². The number of aliphatic carboxylic acids is 1. The third kappa shape index (κ3) is 12.5. The van der Waals surface area contributed by atoms with Gasteiger partial charge in [-0.3, -0.25) is 4.79 Å². The van der Waals surface area contributed by atoms with E-state index in [0.29, 0.717) is 11.1 Å². The number of hydrogen-bond acceptors (Lipinski definition) is 3. The largest absolute Gasteiger partial charge is 0.480 e. The summed E-state index contributed by atoms with van der Waals surface area (Å²) in [4.78, 5) is 29.5. The van der Waals surface area contributed by atoms with Crippen molar-refractivity contribution in [1.29, 1.82) is 0 Å². The summed E-state index contributed by atoms with van der Waals surface area (Å²) < 4.78 is 12.0. The molecule has 0 rings (SSSR count). The molecule has 0 aliphatic rings. The quantitative estimate of drug-likeness (QED) is 0.225. The number of nitrogens with zero attached hydrogens (tertiary/aromatic N) is 1. The molecule has 0 bridgehead atoms. The van der Waals surface area contributed by atoms with Gasteiger partial charge in [-0.25, -0.2) is 4.57 Å². The molecule has 0 aliphatic heterocycles. The first-order valence-electron chi connectivity index (χ1n) is 9.50. The van der Waals surface area contributed by atoms with Crippen LogP contribution in [0.4, 0.5) is 0 Å². The molecule has 0 aromatic heterocycles. The van der Waals surface area contributed by atoms with Gasteiger partial charge in [0.15, 0.2) is 0 Å². The lowest BCUT2D eigenvalue weighted by Crippen LogP contribution is -2.42. The Labute approximate surface area is 151 Å². The molecule has 8 heteroatoms. The Morgan fingerprint density at radius 1 is 0.880 bits per heavy atom. The Kier molecular flexibility index (Phi) is 14.4. The first-order valence-corrected chi connectivity index (χ1v) is 11.1. The molecule has 0 aromatic rings. The topological polar surface area (TPSA) is 118 Å². The lowest BCUT2D eigenvalue weighted by molar-refractivity contribution is -0.143. The third-order valence-electron chi connectivity index (χ3n) is 4.39. The van der Waals surface area contributed by atoms with E-state index in [0.717, 1.165) is 19.3 Å². The van der Waals surface area contributed by atoms with E-state index in [1.165, 1.54) is 51.4 Å². The van der Waals surface area contributed by atoms with Crippen molar-refractivity contribution >= 4 is 13.7 Å². The summed E-state index contributed by atoms with van der Waals surface area (Å²) in [5, 5.41) is 18.0. The molecular formula is C17H36NO6P. The summed E-state index contributed by atoms with van der Waals surface area (Å²) in [7, 11) is -4.69. The van der Waals surface area contributed by atoms with Crippen LogP contribution in [0, 0.1) is 0 Å². The normalized spacial score (nSPS) is 13.3. The van der Waals surface area contributed by atoms with Crippen molar-refractivity contribution in [2.75, 3.05) is 13.2 Å². The minimum Gasteiger partial charge on any atom is -0.480 e. The second kappa shape index (κ2) is 14.7. The van der Waals surface area contributed by atoms with Crippen molar-refractivity contribution in [3.63, 3.8) is 0 Å². The van der Waals surface area contributed by atoms with E-state index >= 15 is 0 Å². The molecule has 150 valence electrons. The van der Waals surface area contributed by atoms with Crippen molar-refractivity contribution in [2.24, 2.45) is 0 Å². The molecule has 0 saturated carbocycles. The monoisotopic (exact) mass is 381 g/mol. The molecule has 0 amide bonds. The van der Waals surface area contributed by atoms with Gasteiger partial charge in [-0.15, -0.1) is 0 Å². The van der Waals surface area contributed by atoms with E-state index < -0.39 is 26.4 Å². The zero-order valence-electron chi connectivity index (χ0n) is 15.5. The van der Waals surface area contributed by atoms with Gasteiger partial charge in [0, 0.05) is 6.54 Å². The summed E-state index contributed by atoms with van der Waals surface area (Å²) in [6, 6.07) is -1.56. The van der Waals surface area contributed by atoms with Crippen LogP contribution in [-0.2, 0) is 9.36 Å². The van der Waals surface area contributed by atoms with Gasteiger partial charge in [-0.1, -0.05) is 77.6 Å². The molecule has 0 fully saturated rings. The lowest BCUT2D eigenvalue weighted by atomic mass is 10.1. The molecule has 0 radical (unpaired) electrons. The van der Waals surface area contributed by atoms with Gasteiger partial charge in [0.05, 0.1) is 6.61 Å². The Hall–Kier alpha value is -0.460. The minimum atomic E-state index is -4.69. The summed E-state index contributed by atoms with van der Waals surface area (Å²) >= 11 is 0. The fourth-order valence-corrected chi connectivity index (χ4v) is 3.82. The van der Waals surface area contributed by atoms with Crippen molar-refractivity contribution < 1.29 is 29.4 Å². The molecule has 1 atom stereocenters. The Bertz CT molecular complexity index is 387. The van der Waals surface area contributed by atoms with E-state index in [1.807, 2.05) is 0 Å². The molecule has 0 unspecified atom stereocenters. The smallest absolute Gasteiger partial charge is 0.403 e. The van der Waals surface area contributed by atoms with Gasteiger partial charge in [-0.2, -0.15) is 4.67 Å². The van der Waals surface area contributed by atoms with Gasteiger partial charge < -0.3 is 20.0 Å². The number of hydrogen-bond donors (Lipinski definition) is 4. The van der Waals surface area contributed by atoms with Crippen molar-refractivity contribution in [2.45, 2.75) is 90.0 Å². The van der Waals surface area contributed by atoms with Crippen LogP contribution in [0.5, 0.6) is 0 Å². The van der Waals surface area contributed by atoms with Crippen molar-refractivity contribution in [3.05, 3.63) is 0 Å². The first kappa shape index (κ1) is 24.5. The van der Waals surface area contributed by atoms with E-state index in [4.69, 9.17) is 10.2 Å². The van der Waals surface area contributed by atoms with Gasteiger partial charge in [0.25, 0.3) is 0 Å². The average molecular weight is 381 g/mol. The summed E-state index contributed by atoms with van der Waals surface area (Å²) in [5.41, 5.74) is 0. The summed E-state index contributed by atoms with van der Waals surface area (Å²) in [6.07, 6.45) is 13.6. The van der Waals surface area contributed by atoms with Gasteiger partial charge >= 0.3 is 13.7 Å². The Balaban J connectivity index is 3.79. The molecule has 4 N–H and O–H groups in total. The second-order valence-corrected chi connectivity index (χ2v) is 8.14. The fourth-order valence-electron chi connectivity index (χ4n) is 2.88. The van der Waals surface area contributed by atoms with E-state index in [9.17, 15) is 19.1 Å². The molecule has 7 nitrogen and oxygen atoms in total. The fraction of sp³-hybridized carbons (Fsp3) is 0.941. The second-order valence-electron chi connectivity index (χ2n) is 6.60. The lowest BCUT2D eigenvalue weighted by Gasteiger charge is -2.27. The van der Waals surface area contributed by atoms with E-state index in [-0.39, 0.29) is 6.54 Å². The Morgan fingerprint density at radius 3 is 1.60 bits per heavy atom. The molecule has 0 saturated heterocycles. The number of carbonyl (C=O) groups is 1. The SMILES string of the molecule is CCCCCCCCCCCCCCN([C@@H](CO)C(=O)O)P(=O)(O)O. The maximum atomic E-state index is 11.4. The van der Waals surface area contributed by atoms with E-state index in [1.54, 1.807) is 0 Å². The number of carboxylic acid groups (broad SMARTS) is 1. The van der Waals surface area contributed by atoms with Crippen LogP contribution in [0.15, 0.2) is 0 Å². The van der Waals surface area contributed by atoms with Crippen LogP contribution in [-0.4, -0.2) is 49.8 Å². The zero-order valence-corrected chi connectivity index (χ0v) is 16.4. The van der Waals surface area contributed by atoms with Crippen LogP contribution in [0.1, 0.15) is 84.0 Å². The predicted molar refractivity (Wildman–Crippen MR) is 98.3 cm³/mol. The van der Waals surface area contributed by atoms with Crippen LogP contribution >= 0.6 is 7.75 Å². The third-order valence-corrected chi connectivity index (χ3v) is 5.54. The van der Waals surface area contributed by atoms with Crippen LogP contribution < -0.4 is 0 Å². The standard InChI is InChI=1S/C17H36NO6P/c1-2-3-4-5-6-7-8-9-10-11-12-13-14-18(25(22,23)24)16(15-19)17(20)21/h16,19H,2-15H2,1H3,(H,20,21)(H2,22,23,24)/t16-/m0/s1. The van der Waals surface area contributed by atoms with Crippen LogP contribution in [0.2, 0.25) is 0 Å². The highest BCUT2D eigenvalue weighted by Crippen LogP contribution is 2.42. The Morgan fingerprint density at radius 2 is 1.28 bits per heavy atom. The molecule has 0 heterocycles. The first-order chi connectivity index (χ1) is 11.8.